The lowest BCUT2D eigenvalue weighted by Gasteiger charge is -2.11. The van der Waals surface area contributed by atoms with Crippen molar-refractivity contribution in [3.63, 3.8) is 0 Å². The van der Waals surface area contributed by atoms with E-state index in [1.165, 1.54) is 21.7 Å². The zero-order valence-electron chi connectivity index (χ0n) is 15.7. The van der Waals surface area contributed by atoms with Crippen LogP contribution >= 0.6 is 0 Å². The van der Waals surface area contributed by atoms with E-state index in [0.717, 1.165) is 17.7 Å². The van der Waals surface area contributed by atoms with E-state index >= 15 is 0 Å². The second-order valence-electron chi connectivity index (χ2n) is 6.71. The van der Waals surface area contributed by atoms with Gasteiger partial charge < -0.3 is 10.4 Å². The summed E-state index contributed by atoms with van der Waals surface area (Å²) in [6.45, 7) is 4.62. The highest BCUT2D eigenvalue weighted by Crippen LogP contribution is 2.20. The van der Waals surface area contributed by atoms with Crippen molar-refractivity contribution >= 4 is 11.5 Å². The normalized spacial score (nSPS) is 11.1. The monoisotopic (exact) mass is 375 g/mol. The molecule has 0 unspecified atom stereocenters. The van der Waals surface area contributed by atoms with Gasteiger partial charge in [-0.3, -0.25) is 9.89 Å². The summed E-state index contributed by atoms with van der Waals surface area (Å²) >= 11 is 0. The Morgan fingerprint density at radius 2 is 1.89 bits per heavy atom. The van der Waals surface area contributed by atoms with E-state index < -0.39 is 0 Å². The van der Waals surface area contributed by atoms with Crippen LogP contribution in [0.4, 0.5) is 5.69 Å². The molecule has 0 atom stereocenters. The Kier molecular flexibility index (Phi) is 4.57. The molecule has 2 heterocycles. The van der Waals surface area contributed by atoms with Crippen LogP contribution in [-0.4, -0.2) is 24.7 Å². The highest BCUT2D eigenvalue weighted by molar-refractivity contribution is 5.58. The predicted octanol–water partition coefficient (Wildman–Crippen LogP) is 3.27. The largest absolute Gasteiger partial charge is 0.508 e. The van der Waals surface area contributed by atoms with Gasteiger partial charge in [-0.05, 0) is 49.2 Å². The van der Waals surface area contributed by atoms with Crippen molar-refractivity contribution < 1.29 is 5.11 Å². The number of nitrogens with one attached hydrogen (secondary N) is 2. The molecule has 4 rings (SSSR count). The molecule has 0 radical (unpaired) electrons. The van der Waals surface area contributed by atoms with Gasteiger partial charge in [-0.25, -0.2) is 4.98 Å². The first-order valence-electron chi connectivity index (χ1n) is 9.15. The zero-order valence-corrected chi connectivity index (χ0v) is 15.7. The number of nitrogens with zero attached hydrogens (tertiary/aromatic N) is 3. The quantitative estimate of drug-likeness (QED) is 0.498. The van der Waals surface area contributed by atoms with Crippen LogP contribution in [0.5, 0.6) is 5.75 Å². The molecule has 0 fully saturated rings. The Bertz CT molecular complexity index is 1190. The Morgan fingerprint density at radius 1 is 1.11 bits per heavy atom. The molecule has 0 aliphatic rings. The second-order valence-corrected chi connectivity index (χ2v) is 6.71. The maximum absolute atomic E-state index is 12.5. The molecule has 0 aliphatic heterocycles. The number of phenols is 1. The summed E-state index contributed by atoms with van der Waals surface area (Å²) in [5.74, 6) is 1.000. The van der Waals surface area contributed by atoms with Crippen LogP contribution in [-0.2, 0) is 13.0 Å². The summed E-state index contributed by atoms with van der Waals surface area (Å²) < 4.78 is 1.31. The molecule has 7 heteroatoms. The number of aromatic hydroxyl groups is 1. The van der Waals surface area contributed by atoms with Crippen molar-refractivity contribution in [2.75, 3.05) is 5.32 Å². The first kappa shape index (κ1) is 17.8. The smallest absolute Gasteiger partial charge is 0.274 e. The number of anilines is 1. The van der Waals surface area contributed by atoms with E-state index in [9.17, 15) is 9.90 Å². The van der Waals surface area contributed by atoms with Crippen LogP contribution in [0.2, 0.25) is 0 Å². The molecule has 3 N–H and O–H groups in total. The lowest BCUT2D eigenvalue weighted by atomic mass is 10.1. The molecule has 0 amide bonds. The number of aromatic amines is 1. The third-order valence-corrected chi connectivity index (χ3v) is 4.63. The summed E-state index contributed by atoms with van der Waals surface area (Å²) in [7, 11) is 0. The molecular formula is C21H21N5O2. The molecule has 0 saturated carbocycles. The number of H-pyrrole nitrogens is 1. The van der Waals surface area contributed by atoms with E-state index in [2.05, 4.69) is 52.4 Å². The summed E-state index contributed by atoms with van der Waals surface area (Å²) in [5.41, 5.74) is 4.65. The zero-order chi connectivity index (χ0) is 19.7. The van der Waals surface area contributed by atoms with Crippen molar-refractivity contribution in [3.05, 3.63) is 75.7 Å². The van der Waals surface area contributed by atoms with Gasteiger partial charge in [-0.2, -0.15) is 9.50 Å². The van der Waals surface area contributed by atoms with Crippen molar-refractivity contribution in [3.8, 4) is 17.1 Å². The number of fused-ring (bicyclic) bond motifs is 1. The average Bonchev–Trinajstić information content (AvgIpc) is 3.12. The molecule has 7 nitrogen and oxygen atoms in total. The topological polar surface area (TPSA) is 95.3 Å². The molecule has 0 bridgehead atoms. The number of hydrogen-bond acceptors (Lipinski definition) is 5. The fourth-order valence-electron chi connectivity index (χ4n) is 3.14. The van der Waals surface area contributed by atoms with Gasteiger partial charge in [0.05, 0.1) is 12.2 Å². The van der Waals surface area contributed by atoms with Crippen LogP contribution < -0.4 is 10.9 Å². The molecule has 0 aliphatic carbocycles. The van der Waals surface area contributed by atoms with E-state index in [-0.39, 0.29) is 11.3 Å². The van der Waals surface area contributed by atoms with Crippen molar-refractivity contribution in [2.24, 2.45) is 0 Å². The lowest BCUT2D eigenvalue weighted by Crippen LogP contribution is -2.17. The first-order chi connectivity index (χ1) is 13.5. The van der Waals surface area contributed by atoms with Gasteiger partial charge in [-0.1, -0.05) is 24.6 Å². The fraction of sp³-hybridized carbons (Fsp3) is 0.190. The number of aryl methyl sites for hydroxylation is 2. The van der Waals surface area contributed by atoms with E-state index in [4.69, 9.17) is 0 Å². The summed E-state index contributed by atoms with van der Waals surface area (Å²) in [4.78, 5) is 21.4. The average molecular weight is 375 g/mol. The second kappa shape index (κ2) is 7.19. The predicted molar refractivity (Wildman–Crippen MR) is 109 cm³/mol. The molecule has 0 spiro atoms. The number of benzene rings is 2. The highest BCUT2D eigenvalue weighted by Gasteiger charge is 2.10. The summed E-state index contributed by atoms with van der Waals surface area (Å²) in [6, 6.07) is 14.4. The van der Waals surface area contributed by atoms with Crippen molar-refractivity contribution in [1.82, 2.24) is 19.6 Å². The maximum atomic E-state index is 12.5. The standard InChI is InChI=1S/C21H21N5O2/c1-3-14-10-13(2)4-9-18(14)22-12-16-11-19(28)26-21(23-16)24-20(25-26)15-5-7-17(27)8-6-15/h4-11,22,27H,3,12H2,1-2H3,(H,23,24,25). The summed E-state index contributed by atoms with van der Waals surface area (Å²) in [5, 5.41) is 15.7. The van der Waals surface area contributed by atoms with E-state index in [1.54, 1.807) is 24.3 Å². The Labute approximate surface area is 161 Å². The number of aromatic nitrogens is 4. The highest BCUT2D eigenvalue weighted by atomic mass is 16.3. The molecule has 142 valence electrons. The fourth-order valence-corrected chi connectivity index (χ4v) is 3.14. The van der Waals surface area contributed by atoms with Crippen LogP contribution in [0.3, 0.4) is 0 Å². The number of rotatable bonds is 5. The van der Waals surface area contributed by atoms with Gasteiger partial charge in [0.25, 0.3) is 11.3 Å². The maximum Gasteiger partial charge on any atom is 0.274 e. The molecule has 2 aromatic carbocycles. The number of hydrogen-bond donors (Lipinski definition) is 3. The lowest BCUT2D eigenvalue weighted by molar-refractivity contribution is 0.475. The molecule has 28 heavy (non-hydrogen) atoms. The molecule has 0 saturated heterocycles. The Morgan fingerprint density at radius 3 is 2.64 bits per heavy atom. The summed E-state index contributed by atoms with van der Waals surface area (Å²) in [6.07, 6.45) is 0.925. The van der Waals surface area contributed by atoms with Crippen molar-refractivity contribution in [2.45, 2.75) is 26.8 Å². The van der Waals surface area contributed by atoms with Gasteiger partial charge in [0, 0.05) is 17.3 Å². The SMILES string of the molecule is CCc1cc(C)ccc1NCc1cc(=O)n2[nH]c(-c3ccc(O)cc3)nc2n1. The third kappa shape index (κ3) is 3.46. The first-order valence-corrected chi connectivity index (χ1v) is 9.15. The van der Waals surface area contributed by atoms with Gasteiger partial charge in [-0.15, -0.1) is 0 Å². The van der Waals surface area contributed by atoms with Gasteiger partial charge in [0.15, 0.2) is 5.82 Å². The van der Waals surface area contributed by atoms with E-state index in [1.807, 2.05) is 0 Å². The van der Waals surface area contributed by atoms with E-state index in [0.29, 0.717) is 23.8 Å². The van der Waals surface area contributed by atoms with Crippen molar-refractivity contribution in [1.29, 1.82) is 0 Å². The van der Waals surface area contributed by atoms with Crippen LogP contribution in [0.1, 0.15) is 23.7 Å². The molecular weight excluding hydrogens is 354 g/mol. The minimum Gasteiger partial charge on any atom is -0.508 e. The molecule has 2 aromatic heterocycles. The molecule has 4 aromatic rings. The van der Waals surface area contributed by atoms with Gasteiger partial charge in [0.1, 0.15) is 5.75 Å². The third-order valence-electron chi connectivity index (χ3n) is 4.63. The van der Waals surface area contributed by atoms with Crippen LogP contribution in [0.25, 0.3) is 17.2 Å². The van der Waals surface area contributed by atoms with Crippen LogP contribution in [0.15, 0.2) is 53.3 Å². The van der Waals surface area contributed by atoms with Gasteiger partial charge in [0.2, 0.25) is 0 Å². The Balaban J connectivity index is 1.62. The minimum atomic E-state index is -0.223. The number of phenolic OH excluding ortho intramolecular Hbond substituents is 1. The minimum absolute atomic E-state index is 0.172. The van der Waals surface area contributed by atoms with Crippen LogP contribution in [0, 0.1) is 6.92 Å². The Hall–Kier alpha value is -3.61. The van der Waals surface area contributed by atoms with Gasteiger partial charge >= 0.3 is 0 Å².